The molecule has 35 heavy (non-hydrogen) atoms. The van der Waals surface area contributed by atoms with Gasteiger partial charge in [-0.15, -0.1) is 0 Å². The van der Waals surface area contributed by atoms with Gasteiger partial charge in [-0.2, -0.15) is 5.10 Å². The average molecular weight is 481 g/mol. The van der Waals surface area contributed by atoms with Crippen molar-refractivity contribution in [2.24, 2.45) is 7.05 Å². The molecule has 0 bridgehead atoms. The number of halogens is 2. The maximum absolute atomic E-state index is 14.3. The minimum Gasteiger partial charge on any atom is -0.493 e. The van der Waals surface area contributed by atoms with Gasteiger partial charge >= 0.3 is 0 Å². The van der Waals surface area contributed by atoms with Gasteiger partial charge in [-0.1, -0.05) is 0 Å². The zero-order valence-corrected chi connectivity index (χ0v) is 19.5. The molecule has 0 saturated heterocycles. The molecule has 2 aromatic heterocycles. The lowest BCUT2D eigenvalue weighted by atomic mass is 10.0. The summed E-state index contributed by atoms with van der Waals surface area (Å²) in [5, 5.41) is 7.57. The van der Waals surface area contributed by atoms with E-state index in [0.717, 1.165) is 30.8 Å². The number of rotatable bonds is 10. The van der Waals surface area contributed by atoms with Gasteiger partial charge in [0.2, 0.25) is 0 Å². The quantitative estimate of drug-likeness (QED) is 0.315. The molecule has 9 heteroatoms. The van der Waals surface area contributed by atoms with Gasteiger partial charge in [0.1, 0.15) is 17.3 Å². The fraction of sp³-hybridized carbons (Fsp3) is 0.231. The van der Waals surface area contributed by atoms with E-state index in [2.05, 4.69) is 10.4 Å². The van der Waals surface area contributed by atoms with E-state index in [9.17, 15) is 13.6 Å². The van der Waals surface area contributed by atoms with Gasteiger partial charge in [-0.05, 0) is 49.7 Å². The molecule has 182 valence electrons. The summed E-state index contributed by atoms with van der Waals surface area (Å²) in [5.41, 5.74) is 1.78. The highest BCUT2D eigenvalue weighted by molar-refractivity contribution is 5.78. The van der Waals surface area contributed by atoms with Gasteiger partial charge in [0.15, 0.2) is 11.6 Å². The first kappa shape index (κ1) is 24.0. The summed E-state index contributed by atoms with van der Waals surface area (Å²) in [6, 6.07) is 11.8. The maximum atomic E-state index is 14.3. The maximum Gasteiger partial charge on any atom is 0.254 e. The molecule has 0 aliphatic carbocycles. The van der Waals surface area contributed by atoms with E-state index in [0.29, 0.717) is 35.8 Å². The summed E-state index contributed by atoms with van der Waals surface area (Å²) < 4.78 is 42.6. The van der Waals surface area contributed by atoms with Crippen LogP contribution in [-0.2, 0) is 13.6 Å². The smallest absolute Gasteiger partial charge is 0.254 e. The molecule has 0 radical (unpaired) electrons. The van der Waals surface area contributed by atoms with Crippen molar-refractivity contribution in [3.63, 3.8) is 0 Å². The fourth-order valence-electron chi connectivity index (χ4n) is 3.61. The van der Waals surface area contributed by atoms with Crippen LogP contribution in [0.4, 0.5) is 14.5 Å². The van der Waals surface area contributed by atoms with Crippen molar-refractivity contribution in [2.45, 2.75) is 19.9 Å². The molecule has 0 aliphatic heterocycles. The topological polar surface area (TPSA) is 70.3 Å². The van der Waals surface area contributed by atoms with Gasteiger partial charge in [0.25, 0.3) is 5.56 Å². The molecule has 0 aliphatic rings. The molecule has 0 atom stereocenters. The number of aryl methyl sites for hydroxylation is 2. The Kier molecular flexibility index (Phi) is 7.45. The number of ether oxygens (including phenoxy) is 2. The molecule has 4 aromatic rings. The first-order valence-electron chi connectivity index (χ1n) is 11.3. The number of aromatic nitrogens is 3. The average Bonchev–Trinajstić information content (AvgIpc) is 3.35. The third kappa shape index (κ3) is 5.87. The van der Waals surface area contributed by atoms with Crippen molar-refractivity contribution >= 4 is 5.69 Å². The van der Waals surface area contributed by atoms with Crippen LogP contribution in [0.2, 0.25) is 0 Å². The zero-order valence-electron chi connectivity index (χ0n) is 19.5. The summed E-state index contributed by atoms with van der Waals surface area (Å²) in [6.45, 7) is 3.64. The molecule has 0 unspecified atom stereocenters. The lowest BCUT2D eigenvalue weighted by Crippen LogP contribution is -2.16. The second kappa shape index (κ2) is 10.9. The molecule has 2 aromatic carbocycles. The predicted octanol–water partition coefficient (Wildman–Crippen LogP) is 5.22. The van der Waals surface area contributed by atoms with E-state index in [1.807, 2.05) is 36.0 Å². The Morgan fingerprint density at radius 2 is 1.86 bits per heavy atom. The number of anilines is 1. The molecule has 0 spiro atoms. The first-order valence-corrected chi connectivity index (χ1v) is 11.3. The first-order chi connectivity index (χ1) is 16.9. The highest BCUT2D eigenvalue weighted by Gasteiger charge is 2.17. The van der Waals surface area contributed by atoms with Crippen molar-refractivity contribution in [3.8, 4) is 28.4 Å². The van der Waals surface area contributed by atoms with Crippen LogP contribution in [0.1, 0.15) is 13.3 Å². The van der Waals surface area contributed by atoms with Crippen molar-refractivity contribution in [3.05, 3.63) is 89.1 Å². The second-order valence-electron chi connectivity index (χ2n) is 7.87. The summed E-state index contributed by atoms with van der Waals surface area (Å²) in [7, 11) is 1.64. The van der Waals surface area contributed by atoms with E-state index in [4.69, 9.17) is 9.47 Å². The summed E-state index contributed by atoms with van der Waals surface area (Å²) in [5.74, 6) is -0.910. The van der Waals surface area contributed by atoms with Gasteiger partial charge in [-0.3, -0.25) is 9.48 Å². The number of nitrogens with one attached hydrogen (secondary N) is 1. The third-order valence-corrected chi connectivity index (χ3v) is 5.33. The Balaban J connectivity index is 1.68. The second-order valence-corrected chi connectivity index (χ2v) is 7.87. The zero-order chi connectivity index (χ0) is 24.8. The van der Waals surface area contributed by atoms with Crippen LogP contribution in [0.5, 0.6) is 17.2 Å². The summed E-state index contributed by atoms with van der Waals surface area (Å²) in [4.78, 5) is 12.2. The number of hydrogen-bond donors (Lipinski definition) is 1. The van der Waals surface area contributed by atoms with Gasteiger partial charge in [-0.25, -0.2) is 8.78 Å². The van der Waals surface area contributed by atoms with E-state index < -0.39 is 11.6 Å². The molecular weight excluding hydrogens is 454 g/mol. The molecule has 0 fully saturated rings. The SMILES string of the molecule is CCOc1cc(=O)n(C)cc1-c1cc(NCCCn2cccn2)ccc1Oc1ccc(F)cc1F. The minimum atomic E-state index is -0.817. The Labute approximate surface area is 201 Å². The highest BCUT2D eigenvalue weighted by Crippen LogP contribution is 2.40. The van der Waals surface area contributed by atoms with Crippen LogP contribution in [0, 0.1) is 11.6 Å². The van der Waals surface area contributed by atoms with Crippen molar-refractivity contribution < 1.29 is 18.3 Å². The number of pyridine rings is 1. The number of hydrogen-bond acceptors (Lipinski definition) is 5. The number of nitrogens with zero attached hydrogens (tertiary/aromatic N) is 3. The van der Waals surface area contributed by atoms with Crippen LogP contribution < -0.4 is 20.3 Å². The molecule has 2 heterocycles. The number of benzene rings is 2. The Hall–Kier alpha value is -4.14. The van der Waals surface area contributed by atoms with E-state index in [1.54, 1.807) is 25.5 Å². The molecule has 0 saturated carbocycles. The highest BCUT2D eigenvalue weighted by atomic mass is 19.1. The van der Waals surface area contributed by atoms with Crippen molar-refractivity contribution in [1.29, 1.82) is 0 Å². The summed E-state index contributed by atoms with van der Waals surface area (Å²) >= 11 is 0. The molecule has 4 rings (SSSR count). The lowest BCUT2D eigenvalue weighted by Gasteiger charge is -2.17. The molecule has 7 nitrogen and oxygen atoms in total. The van der Waals surface area contributed by atoms with Crippen LogP contribution in [0.3, 0.4) is 0 Å². The van der Waals surface area contributed by atoms with E-state index in [-0.39, 0.29) is 11.3 Å². The monoisotopic (exact) mass is 480 g/mol. The Morgan fingerprint density at radius 1 is 1.03 bits per heavy atom. The summed E-state index contributed by atoms with van der Waals surface area (Å²) in [6.07, 6.45) is 6.15. The standard InChI is InChI=1S/C26H26F2N4O3/c1-3-34-25-16-26(33)31(2)17-21(25)20-15-19(29-10-4-12-32-13-5-11-30-32)7-9-23(20)35-24-8-6-18(27)14-22(24)28/h5-9,11,13-17,29H,3-4,10,12H2,1-2H3. The largest absolute Gasteiger partial charge is 0.493 e. The molecule has 1 N–H and O–H groups in total. The Morgan fingerprint density at radius 3 is 2.60 bits per heavy atom. The van der Waals surface area contributed by atoms with E-state index in [1.165, 1.54) is 16.7 Å². The Bertz CT molecular complexity index is 1350. The van der Waals surface area contributed by atoms with Gasteiger partial charge in [0, 0.05) is 67.7 Å². The normalized spacial score (nSPS) is 10.9. The van der Waals surface area contributed by atoms with Crippen LogP contribution in [-0.4, -0.2) is 27.5 Å². The fourth-order valence-corrected chi connectivity index (χ4v) is 3.61. The van der Waals surface area contributed by atoms with Gasteiger partial charge in [0.05, 0.1) is 6.61 Å². The van der Waals surface area contributed by atoms with Crippen LogP contribution >= 0.6 is 0 Å². The van der Waals surface area contributed by atoms with Gasteiger partial charge < -0.3 is 19.4 Å². The molecular formula is C26H26F2N4O3. The van der Waals surface area contributed by atoms with E-state index >= 15 is 0 Å². The lowest BCUT2D eigenvalue weighted by molar-refractivity contribution is 0.340. The van der Waals surface area contributed by atoms with Crippen LogP contribution in [0.15, 0.2) is 71.9 Å². The van der Waals surface area contributed by atoms with Crippen molar-refractivity contribution in [2.75, 3.05) is 18.5 Å². The van der Waals surface area contributed by atoms with Crippen LogP contribution in [0.25, 0.3) is 11.1 Å². The minimum absolute atomic E-state index is 0.115. The molecule has 0 amide bonds. The predicted molar refractivity (Wildman–Crippen MR) is 130 cm³/mol. The third-order valence-electron chi connectivity index (χ3n) is 5.33. The van der Waals surface area contributed by atoms with Crippen molar-refractivity contribution in [1.82, 2.24) is 14.3 Å².